The molecule has 3 rings (SSSR count). The standard InChI is InChI=1S/C14H20N2O2/c1-9(17)10-4-5-15-14(6-10)16-7-11-2-3-13(18)12(11)8-16/h4-6,9,11-13,17-18H,2-3,7-8H2,1H3/t9-,11?,12?,13?/m0/s1. The van der Waals surface area contributed by atoms with Crippen LogP contribution in [-0.2, 0) is 0 Å². The van der Waals surface area contributed by atoms with E-state index in [1.165, 1.54) is 0 Å². The van der Waals surface area contributed by atoms with Gasteiger partial charge in [-0.05, 0) is 43.4 Å². The molecule has 4 heteroatoms. The number of rotatable bonds is 2. The Morgan fingerprint density at radius 1 is 1.39 bits per heavy atom. The third kappa shape index (κ3) is 1.99. The third-order valence-electron chi connectivity index (χ3n) is 4.40. The summed E-state index contributed by atoms with van der Waals surface area (Å²) in [6, 6.07) is 3.80. The molecule has 0 aromatic carbocycles. The molecular formula is C14H20N2O2. The van der Waals surface area contributed by atoms with Gasteiger partial charge in [0.25, 0.3) is 0 Å². The van der Waals surface area contributed by atoms with Gasteiger partial charge in [-0.3, -0.25) is 0 Å². The molecule has 1 aromatic rings. The summed E-state index contributed by atoms with van der Waals surface area (Å²) in [6.45, 7) is 3.64. The molecule has 4 atom stereocenters. The molecule has 1 aliphatic heterocycles. The lowest BCUT2D eigenvalue weighted by molar-refractivity contribution is 0.133. The Bertz CT molecular complexity index is 436. The zero-order valence-corrected chi connectivity index (χ0v) is 10.7. The highest BCUT2D eigenvalue weighted by molar-refractivity contribution is 5.43. The van der Waals surface area contributed by atoms with E-state index in [0.717, 1.165) is 37.3 Å². The van der Waals surface area contributed by atoms with Gasteiger partial charge in [0.1, 0.15) is 5.82 Å². The van der Waals surface area contributed by atoms with E-state index in [9.17, 15) is 10.2 Å². The summed E-state index contributed by atoms with van der Waals surface area (Å²) in [7, 11) is 0. The number of anilines is 1. The van der Waals surface area contributed by atoms with E-state index in [2.05, 4.69) is 9.88 Å². The van der Waals surface area contributed by atoms with Crippen molar-refractivity contribution >= 4 is 5.82 Å². The molecule has 2 heterocycles. The normalized spacial score (nSPS) is 32.6. The summed E-state index contributed by atoms with van der Waals surface area (Å²) in [5, 5.41) is 19.5. The maximum Gasteiger partial charge on any atom is 0.128 e. The Morgan fingerprint density at radius 2 is 2.22 bits per heavy atom. The summed E-state index contributed by atoms with van der Waals surface area (Å²) < 4.78 is 0. The molecule has 98 valence electrons. The van der Waals surface area contributed by atoms with Crippen molar-refractivity contribution in [3.05, 3.63) is 23.9 Å². The number of nitrogens with zero attached hydrogens (tertiary/aromatic N) is 2. The Morgan fingerprint density at radius 3 is 2.94 bits per heavy atom. The largest absolute Gasteiger partial charge is 0.393 e. The molecule has 2 N–H and O–H groups in total. The average Bonchev–Trinajstić information content (AvgIpc) is 2.92. The molecule has 1 aromatic heterocycles. The molecule has 3 unspecified atom stereocenters. The Hall–Kier alpha value is -1.13. The van der Waals surface area contributed by atoms with Crippen LogP contribution in [-0.4, -0.2) is 34.4 Å². The molecule has 0 bridgehead atoms. The fourth-order valence-corrected chi connectivity index (χ4v) is 3.29. The first-order chi connectivity index (χ1) is 8.65. The molecule has 2 aliphatic rings. The lowest BCUT2D eigenvalue weighted by Crippen LogP contribution is -2.25. The van der Waals surface area contributed by atoms with Crippen molar-refractivity contribution in [2.45, 2.75) is 32.0 Å². The molecule has 18 heavy (non-hydrogen) atoms. The van der Waals surface area contributed by atoms with E-state index in [0.29, 0.717) is 11.8 Å². The van der Waals surface area contributed by atoms with Crippen molar-refractivity contribution in [2.75, 3.05) is 18.0 Å². The Kier molecular flexibility index (Phi) is 2.99. The smallest absolute Gasteiger partial charge is 0.128 e. The minimum atomic E-state index is -0.459. The second-order valence-electron chi connectivity index (χ2n) is 5.60. The van der Waals surface area contributed by atoms with Crippen LogP contribution < -0.4 is 4.90 Å². The predicted octanol–water partition coefficient (Wildman–Crippen LogP) is 1.34. The molecule has 2 fully saturated rings. The number of aliphatic hydroxyl groups is 2. The van der Waals surface area contributed by atoms with Crippen LogP contribution in [0.4, 0.5) is 5.82 Å². The number of hydrogen-bond donors (Lipinski definition) is 2. The maximum atomic E-state index is 9.92. The first kappa shape index (κ1) is 11.9. The highest BCUT2D eigenvalue weighted by Crippen LogP contribution is 2.39. The number of pyridine rings is 1. The molecule has 0 spiro atoms. The van der Waals surface area contributed by atoms with Gasteiger partial charge >= 0.3 is 0 Å². The molecular weight excluding hydrogens is 228 g/mol. The number of fused-ring (bicyclic) bond motifs is 1. The quantitative estimate of drug-likeness (QED) is 0.829. The van der Waals surface area contributed by atoms with Crippen molar-refractivity contribution in [1.29, 1.82) is 0 Å². The van der Waals surface area contributed by atoms with Gasteiger partial charge in [-0.25, -0.2) is 4.98 Å². The second kappa shape index (κ2) is 4.52. The fraction of sp³-hybridized carbons (Fsp3) is 0.643. The zero-order chi connectivity index (χ0) is 12.7. The monoisotopic (exact) mass is 248 g/mol. The zero-order valence-electron chi connectivity index (χ0n) is 10.7. The molecule has 0 radical (unpaired) electrons. The van der Waals surface area contributed by atoms with Crippen LogP contribution >= 0.6 is 0 Å². The molecule has 1 aliphatic carbocycles. The highest BCUT2D eigenvalue weighted by atomic mass is 16.3. The van der Waals surface area contributed by atoms with Crippen LogP contribution in [0.3, 0.4) is 0 Å². The van der Waals surface area contributed by atoms with Gasteiger partial charge in [0, 0.05) is 25.2 Å². The lowest BCUT2D eigenvalue weighted by Gasteiger charge is -2.20. The fourth-order valence-electron chi connectivity index (χ4n) is 3.29. The summed E-state index contributed by atoms with van der Waals surface area (Å²) in [5.41, 5.74) is 0.901. The van der Waals surface area contributed by atoms with Gasteiger partial charge in [0.05, 0.1) is 12.2 Å². The van der Waals surface area contributed by atoms with Gasteiger partial charge in [0.2, 0.25) is 0 Å². The van der Waals surface area contributed by atoms with Gasteiger partial charge in [-0.2, -0.15) is 0 Å². The predicted molar refractivity (Wildman–Crippen MR) is 69.3 cm³/mol. The Balaban J connectivity index is 1.78. The topological polar surface area (TPSA) is 56.6 Å². The van der Waals surface area contributed by atoms with Crippen LogP contribution in [0.2, 0.25) is 0 Å². The summed E-state index contributed by atoms with van der Waals surface area (Å²) >= 11 is 0. The van der Waals surface area contributed by atoms with E-state index < -0.39 is 6.10 Å². The number of hydrogen-bond acceptors (Lipinski definition) is 4. The van der Waals surface area contributed by atoms with Crippen molar-refractivity contribution in [1.82, 2.24) is 4.98 Å². The van der Waals surface area contributed by atoms with Crippen molar-refractivity contribution in [2.24, 2.45) is 11.8 Å². The van der Waals surface area contributed by atoms with E-state index in [1.807, 2.05) is 12.1 Å². The Labute approximate surface area is 107 Å². The molecule has 4 nitrogen and oxygen atoms in total. The minimum Gasteiger partial charge on any atom is -0.393 e. The molecule has 1 saturated heterocycles. The summed E-state index contributed by atoms with van der Waals surface area (Å²) in [6.07, 6.45) is 3.23. The summed E-state index contributed by atoms with van der Waals surface area (Å²) in [5.74, 6) is 1.94. The van der Waals surface area contributed by atoms with Crippen LogP contribution in [0.25, 0.3) is 0 Å². The van der Waals surface area contributed by atoms with Crippen molar-refractivity contribution in [3.63, 3.8) is 0 Å². The SMILES string of the molecule is C[C@H](O)c1ccnc(N2CC3CCC(O)C3C2)c1. The van der Waals surface area contributed by atoms with Gasteiger partial charge in [-0.1, -0.05) is 0 Å². The van der Waals surface area contributed by atoms with E-state index in [1.54, 1.807) is 13.1 Å². The van der Waals surface area contributed by atoms with E-state index in [-0.39, 0.29) is 6.10 Å². The van der Waals surface area contributed by atoms with Crippen LogP contribution in [0.5, 0.6) is 0 Å². The first-order valence-electron chi connectivity index (χ1n) is 6.72. The minimum absolute atomic E-state index is 0.139. The molecule has 0 amide bonds. The number of aliphatic hydroxyl groups excluding tert-OH is 2. The van der Waals surface area contributed by atoms with Crippen LogP contribution in [0.1, 0.15) is 31.4 Å². The van der Waals surface area contributed by atoms with E-state index in [4.69, 9.17) is 0 Å². The van der Waals surface area contributed by atoms with E-state index >= 15 is 0 Å². The second-order valence-corrected chi connectivity index (χ2v) is 5.60. The van der Waals surface area contributed by atoms with Gasteiger partial charge < -0.3 is 15.1 Å². The first-order valence-corrected chi connectivity index (χ1v) is 6.72. The number of aromatic nitrogens is 1. The summed E-state index contributed by atoms with van der Waals surface area (Å²) in [4.78, 5) is 6.63. The highest BCUT2D eigenvalue weighted by Gasteiger charge is 2.42. The maximum absolute atomic E-state index is 9.92. The van der Waals surface area contributed by atoms with Crippen LogP contribution in [0, 0.1) is 11.8 Å². The third-order valence-corrected chi connectivity index (χ3v) is 4.40. The average molecular weight is 248 g/mol. The van der Waals surface area contributed by atoms with Gasteiger partial charge in [-0.15, -0.1) is 0 Å². The van der Waals surface area contributed by atoms with Crippen LogP contribution in [0.15, 0.2) is 18.3 Å². The van der Waals surface area contributed by atoms with Gasteiger partial charge in [0.15, 0.2) is 0 Å². The van der Waals surface area contributed by atoms with Crippen molar-refractivity contribution < 1.29 is 10.2 Å². The molecule has 1 saturated carbocycles. The van der Waals surface area contributed by atoms with Crippen molar-refractivity contribution in [3.8, 4) is 0 Å². The lowest BCUT2D eigenvalue weighted by atomic mass is 10.00.